The zero-order valence-corrected chi connectivity index (χ0v) is 12.8. The second-order valence-corrected chi connectivity index (χ2v) is 6.03. The van der Waals surface area contributed by atoms with Gasteiger partial charge in [-0.1, -0.05) is 46.3 Å². The Morgan fingerprint density at radius 1 is 1.10 bits per heavy atom. The minimum Gasteiger partial charge on any atom is -0.334 e. The molecule has 0 unspecified atom stereocenters. The smallest absolute Gasteiger partial charge is 0.254 e. The Labute approximate surface area is 127 Å². The van der Waals surface area contributed by atoms with E-state index < -0.39 is 0 Å². The molecule has 0 aromatic heterocycles. The summed E-state index contributed by atoms with van der Waals surface area (Å²) in [6, 6.07) is 16.2. The monoisotopic (exact) mass is 329 g/mol. The summed E-state index contributed by atoms with van der Waals surface area (Å²) >= 11 is 3.48. The van der Waals surface area contributed by atoms with Gasteiger partial charge in [-0.15, -0.1) is 0 Å². The molecule has 0 spiro atoms. The van der Waals surface area contributed by atoms with Crippen molar-refractivity contribution in [3.05, 3.63) is 69.7 Å². The molecule has 2 aromatic rings. The van der Waals surface area contributed by atoms with Crippen LogP contribution >= 0.6 is 15.9 Å². The predicted molar refractivity (Wildman–Crippen MR) is 83.6 cm³/mol. The first-order chi connectivity index (χ1) is 9.74. The summed E-state index contributed by atoms with van der Waals surface area (Å²) in [4.78, 5) is 14.2. The van der Waals surface area contributed by atoms with Gasteiger partial charge >= 0.3 is 0 Å². The van der Waals surface area contributed by atoms with Crippen LogP contribution in [0.2, 0.25) is 0 Å². The minimum absolute atomic E-state index is 0.176. The van der Waals surface area contributed by atoms with E-state index in [4.69, 9.17) is 0 Å². The van der Waals surface area contributed by atoms with E-state index >= 15 is 0 Å². The van der Waals surface area contributed by atoms with Crippen LogP contribution in [0, 0.1) is 0 Å². The molecule has 0 N–H and O–H groups in total. The van der Waals surface area contributed by atoms with E-state index in [9.17, 15) is 4.79 Å². The van der Waals surface area contributed by atoms with Crippen molar-refractivity contribution in [1.82, 2.24) is 4.90 Å². The molecule has 0 atom stereocenters. The third-order valence-electron chi connectivity index (χ3n) is 3.68. The van der Waals surface area contributed by atoms with Gasteiger partial charge in [0.1, 0.15) is 0 Å². The Kier molecular flexibility index (Phi) is 3.88. The number of halogens is 1. The van der Waals surface area contributed by atoms with E-state index in [-0.39, 0.29) is 5.91 Å². The molecule has 3 heteroatoms. The summed E-state index contributed by atoms with van der Waals surface area (Å²) < 4.78 is 1.11. The van der Waals surface area contributed by atoms with Crippen LogP contribution in [0.1, 0.15) is 27.9 Å². The zero-order valence-electron chi connectivity index (χ0n) is 11.2. The van der Waals surface area contributed by atoms with Crippen LogP contribution in [0.15, 0.2) is 53.0 Å². The maximum Gasteiger partial charge on any atom is 0.254 e. The van der Waals surface area contributed by atoms with Gasteiger partial charge in [-0.25, -0.2) is 0 Å². The minimum atomic E-state index is 0.176. The van der Waals surface area contributed by atoms with Gasteiger partial charge in [-0.3, -0.25) is 4.79 Å². The summed E-state index contributed by atoms with van der Waals surface area (Å²) in [6.45, 7) is 1.58. The maximum atomic E-state index is 12.2. The second-order valence-electron chi connectivity index (χ2n) is 5.12. The van der Waals surface area contributed by atoms with E-state index in [1.807, 2.05) is 35.2 Å². The number of rotatable bonds is 4. The molecule has 1 aliphatic rings. The SMILES string of the molecule is O=C1c2ccccc2CN1CCCc1cccc(Br)c1. The number of aryl methyl sites for hydroxylation is 1. The lowest BCUT2D eigenvalue weighted by atomic mass is 10.1. The van der Waals surface area contributed by atoms with E-state index in [2.05, 4.69) is 34.1 Å². The van der Waals surface area contributed by atoms with Crippen molar-refractivity contribution in [3.63, 3.8) is 0 Å². The van der Waals surface area contributed by atoms with Gasteiger partial charge in [-0.2, -0.15) is 0 Å². The lowest BCUT2D eigenvalue weighted by Crippen LogP contribution is -2.25. The molecule has 0 bridgehead atoms. The van der Waals surface area contributed by atoms with Gasteiger partial charge in [0.15, 0.2) is 0 Å². The Bertz CT molecular complexity index is 638. The topological polar surface area (TPSA) is 20.3 Å². The van der Waals surface area contributed by atoms with Crippen LogP contribution in [-0.4, -0.2) is 17.4 Å². The Balaban J connectivity index is 1.57. The molecular formula is C17H16BrNO. The van der Waals surface area contributed by atoms with Crippen molar-refractivity contribution in [2.24, 2.45) is 0 Å². The standard InChI is InChI=1S/C17H16BrNO/c18-15-8-3-5-13(11-15)6-4-10-19-12-14-7-1-2-9-16(14)17(19)20/h1-3,5,7-9,11H,4,6,10,12H2. The van der Waals surface area contributed by atoms with Gasteiger partial charge in [0.25, 0.3) is 5.91 Å². The zero-order chi connectivity index (χ0) is 13.9. The highest BCUT2D eigenvalue weighted by Gasteiger charge is 2.25. The molecule has 0 saturated heterocycles. The first-order valence-corrected chi connectivity index (χ1v) is 7.65. The van der Waals surface area contributed by atoms with Crippen molar-refractivity contribution < 1.29 is 4.79 Å². The molecule has 0 radical (unpaired) electrons. The molecule has 102 valence electrons. The highest BCUT2D eigenvalue weighted by molar-refractivity contribution is 9.10. The maximum absolute atomic E-state index is 12.2. The van der Waals surface area contributed by atoms with Gasteiger partial charge < -0.3 is 4.90 Å². The van der Waals surface area contributed by atoms with Crippen LogP contribution in [-0.2, 0) is 13.0 Å². The molecule has 0 fully saturated rings. The molecule has 0 saturated carbocycles. The van der Waals surface area contributed by atoms with Gasteiger partial charge in [0.2, 0.25) is 0 Å². The van der Waals surface area contributed by atoms with Crippen LogP contribution < -0.4 is 0 Å². The summed E-state index contributed by atoms with van der Waals surface area (Å²) in [5.74, 6) is 0.176. The number of benzene rings is 2. The Morgan fingerprint density at radius 2 is 1.95 bits per heavy atom. The molecule has 1 aliphatic heterocycles. The van der Waals surface area contributed by atoms with Crippen LogP contribution in [0.4, 0.5) is 0 Å². The average Bonchev–Trinajstić information content (AvgIpc) is 2.76. The van der Waals surface area contributed by atoms with Crippen molar-refractivity contribution in [3.8, 4) is 0 Å². The summed E-state index contributed by atoms with van der Waals surface area (Å²) in [5, 5.41) is 0. The molecule has 2 aromatic carbocycles. The summed E-state index contributed by atoms with van der Waals surface area (Å²) in [7, 11) is 0. The predicted octanol–water partition coefficient (Wildman–Crippen LogP) is 4.04. The van der Waals surface area contributed by atoms with E-state index in [0.29, 0.717) is 0 Å². The molecule has 3 rings (SSSR count). The lowest BCUT2D eigenvalue weighted by Gasteiger charge is -2.15. The third kappa shape index (κ3) is 2.78. The fraction of sp³-hybridized carbons (Fsp3) is 0.235. The van der Waals surface area contributed by atoms with E-state index in [0.717, 1.165) is 41.5 Å². The Hall–Kier alpha value is -1.61. The quantitative estimate of drug-likeness (QED) is 0.829. The van der Waals surface area contributed by atoms with Gasteiger partial charge in [-0.05, 0) is 42.2 Å². The molecule has 0 aliphatic carbocycles. The fourth-order valence-corrected chi connectivity index (χ4v) is 3.11. The number of amides is 1. The van der Waals surface area contributed by atoms with Crippen molar-refractivity contribution in [2.75, 3.05) is 6.54 Å². The normalized spacial score (nSPS) is 13.7. The number of carbonyl (C=O) groups is 1. The van der Waals surface area contributed by atoms with E-state index in [1.54, 1.807) is 0 Å². The first kappa shape index (κ1) is 13.4. The third-order valence-corrected chi connectivity index (χ3v) is 4.17. The fourth-order valence-electron chi connectivity index (χ4n) is 2.66. The van der Waals surface area contributed by atoms with Crippen molar-refractivity contribution in [1.29, 1.82) is 0 Å². The van der Waals surface area contributed by atoms with Crippen molar-refractivity contribution in [2.45, 2.75) is 19.4 Å². The lowest BCUT2D eigenvalue weighted by molar-refractivity contribution is 0.0777. The molecule has 2 nitrogen and oxygen atoms in total. The van der Waals surface area contributed by atoms with Gasteiger partial charge in [0.05, 0.1) is 0 Å². The highest BCUT2D eigenvalue weighted by atomic mass is 79.9. The number of hydrogen-bond acceptors (Lipinski definition) is 1. The first-order valence-electron chi connectivity index (χ1n) is 6.85. The number of fused-ring (bicyclic) bond motifs is 1. The average molecular weight is 330 g/mol. The number of nitrogens with zero attached hydrogens (tertiary/aromatic N) is 1. The summed E-state index contributed by atoms with van der Waals surface area (Å²) in [5.41, 5.74) is 3.33. The number of hydrogen-bond donors (Lipinski definition) is 0. The highest BCUT2D eigenvalue weighted by Crippen LogP contribution is 2.22. The number of carbonyl (C=O) groups excluding carboxylic acids is 1. The largest absolute Gasteiger partial charge is 0.334 e. The van der Waals surface area contributed by atoms with Crippen molar-refractivity contribution >= 4 is 21.8 Å². The molecule has 1 heterocycles. The van der Waals surface area contributed by atoms with Gasteiger partial charge in [0, 0.05) is 23.1 Å². The Morgan fingerprint density at radius 3 is 2.75 bits per heavy atom. The second kappa shape index (κ2) is 5.80. The molecule has 20 heavy (non-hydrogen) atoms. The van der Waals surface area contributed by atoms with Crippen LogP contribution in [0.25, 0.3) is 0 Å². The van der Waals surface area contributed by atoms with E-state index in [1.165, 1.54) is 5.56 Å². The molecule has 1 amide bonds. The summed E-state index contributed by atoms with van der Waals surface area (Å²) in [6.07, 6.45) is 2.00. The van der Waals surface area contributed by atoms with Crippen LogP contribution in [0.3, 0.4) is 0 Å². The molecular weight excluding hydrogens is 314 g/mol. The van der Waals surface area contributed by atoms with Crippen LogP contribution in [0.5, 0.6) is 0 Å².